The number of nitrogens with zero attached hydrogens (tertiary/aromatic N) is 3. The van der Waals surface area contributed by atoms with Gasteiger partial charge in [0, 0.05) is 14.1 Å². The smallest absolute Gasteiger partial charge is 0.335 e. The average Bonchev–Trinajstić information content (AvgIpc) is 3.10. The molecule has 2 aromatic carbocycles. The van der Waals surface area contributed by atoms with E-state index in [4.69, 9.17) is 5.11 Å². The second-order valence-electron chi connectivity index (χ2n) is 6.78. The van der Waals surface area contributed by atoms with E-state index in [0.717, 1.165) is 15.9 Å². The fourth-order valence-corrected chi connectivity index (χ4v) is 4.15. The standard InChI is InChI=1S/C20H20N4O6S/c1-12-4-7-14(8-5-12)31(29,30)24(3)19-15(11-21-23(19)2)18(26)22-16-9-6-13(20(27)28)10-17(16)25/h4-11,25H,1-3H3,(H,22,26)(H,27,28). The number of hydrogen-bond acceptors (Lipinski definition) is 6. The van der Waals surface area contributed by atoms with E-state index in [1.807, 2.05) is 6.92 Å². The van der Waals surface area contributed by atoms with E-state index in [1.165, 1.54) is 49.2 Å². The number of amides is 1. The van der Waals surface area contributed by atoms with Gasteiger partial charge in [-0.15, -0.1) is 0 Å². The van der Waals surface area contributed by atoms with Crippen molar-refractivity contribution in [2.75, 3.05) is 16.7 Å². The number of rotatable bonds is 6. The van der Waals surface area contributed by atoms with Gasteiger partial charge in [0.05, 0.1) is 22.3 Å². The Bertz CT molecular complexity index is 1270. The van der Waals surface area contributed by atoms with Gasteiger partial charge in [-0.3, -0.25) is 13.8 Å². The van der Waals surface area contributed by atoms with E-state index in [1.54, 1.807) is 12.1 Å². The Kier molecular flexibility index (Phi) is 5.71. The minimum atomic E-state index is -3.98. The molecule has 11 heteroatoms. The first-order valence-corrected chi connectivity index (χ1v) is 10.4. The molecule has 0 saturated carbocycles. The summed E-state index contributed by atoms with van der Waals surface area (Å²) in [5.74, 6) is -2.39. The molecule has 3 rings (SSSR count). The van der Waals surface area contributed by atoms with Crippen LogP contribution in [-0.4, -0.2) is 47.3 Å². The Morgan fingerprint density at radius 2 is 1.77 bits per heavy atom. The van der Waals surface area contributed by atoms with Crippen LogP contribution >= 0.6 is 0 Å². The number of carbonyl (C=O) groups excluding carboxylic acids is 1. The van der Waals surface area contributed by atoms with Gasteiger partial charge in [-0.25, -0.2) is 13.2 Å². The zero-order chi connectivity index (χ0) is 22.9. The highest BCUT2D eigenvalue weighted by Crippen LogP contribution is 2.28. The molecule has 0 aliphatic carbocycles. The topological polar surface area (TPSA) is 142 Å². The average molecular weight is 444 g/mol. The normalized spacial score (nSPS) is 11.2. The molecule has 0 radical (unpaired) electrons. The van der Waals surface area contributed by atoms with Gasteiger partial charge < -0.3 is 15.5 Å². The number of phenols is 1. The summed E-state index contributed by atoms with van der Waals surface area (Å²) < 4.78 is 28.3. The predicted molar refractivity (Wildman–Crippen MR) is 113 cm³/mol. The van der Waals surface area contributed by atoms with E-state index >= 15 is 0 Å². The third kappa shape index (κ3) is 4.21. The number of aromatic hydroxyl groups is 1. The van der Waals surface area contributed by atoms with E-state index < -0.39 is 27.6 Å². The van der Waals surface area contributed by atoms with Crippen molar-refractivity contribution in [3.8, 4) is 5.75 Å². The second kappa shape index (κ2) is 8.11. The van der Waals surface area contributed by atoms with Crippen LogP contribution in [0.2, 0.25) is 0 Å². The van der Waals surface area contributed by atoms with Gasteiger partial charge >= 0.3 is 5.97 Å². The number of aryl methyl sites for hydroxylation is 2. The van der Waals surface area contributed by atoms with Crippen molar-refractivity contribution in [2.45, 2.75) is 11.8 Å². The lowest BCUT2D eigenvalue weighted by atomic mass is 10.2. The van der Waals surface area contributed by atoms with Crippen LogP contribution in [-0.2, 0) is 17.1 Å². The molecule has 3 N–H and O–H groups in total. The first kappa shape index (κ1) is 21.8. The van der Waals surface area contributed by atoms with Crippen molar-refractivity contribution in [3.63, 3.8) is 0 Å². The Balaban J connectivity index is 1.94. The number of hydrogen-bond donors (Lipinski definition) is 3. The first-order chi connectivity index (χ1) is 14.5. The lowest BCUT2D eigenvalue weighted by Gasteiger charge is -2.21. The number of aromatic carboxylic acids is 1. The summed E-state index contributed by atoms with van der Waals surface area (Å²) in [6.07, 6.45) is 1.20. The van der Waals surface area contributed by atoms with Gasteiger partial charge in [0.25, 0.3) is 15.9 Å². The van der Waals surface area contributed by atoms with E-state index in [-0.39, 0.29) is 27.5 Å². The predicted octanol–water partition coefficient (Wildman–Crippen LogP) is 2.21. The first-order valence-electron chi connectivity index (χ1n) is 8.97. The Morgan fingerprint density at radius 3 is 2.35 bits per heavy atom. The summed E-state index contributed by atoms with van der Waals surface area (Å²) in [5.41, 5.74) is 0.661. The quantitative estimate of drug-likeness (QED) is 0.495. The maximum Gasteiger partial charge on any atom is 0.335 e. The number of sulfonamides is 1. The van der Waals surface area contributed by atoms with Gasteiger partial charge in [0.1, 0.15) is 11.3 Å². The summed E-state index contributed by atoms with van der Waals surface area (Å²) in [4.78, 5) is 23.9. The third-order valence-corrected chi connectivity index (χ3v) is 6.38. The summed E-state index contributed by atoms with van der Waals surface area (Å²) in [7, 11) is -1.18. The number of phenolic OH excluding ortho intramolecular Hbond substituents is 1. The fourth-order valence-electron chi connectivity index (χ4n) is 2.91. The van der Waals surface area contributed by atoms with Crippen LogP contribution in [0.25, 0.3) is 0 Å². The fraction of sp³-hybridized carbons (Fsp3) is 0.150. The van der Waals surface area contributed by atoms with E-state index in [0.29, 0.717) is 0 Å². The molecule has 0 unspecified atom stereocenters. The van der Waals surface area contributed by atoms with Crippen molar-refractivity contribution >= 4 is 33.4 Å². The molecule has 0 fully saturated rings. The second-order valence-corrected chi connectivity index (χ2v) is 8.75. The van der Waals surface area contributed by atoms with Gasteiger partial charge in [0.15, 0.2) is 5.82 Å². The molecule has 10 nitrogen and oxygen atoms in total. The number of carboxylic acids is 1. The van der Waals surface area contributed by atoms with Crippen molar-refractivity contribution in [3.05, 3.63) is 65.4 Å². The molecule has 0 aliphatic heterocycles. The maximum absolute atomic E-state index is 13.0. The molecule has 0 aliphatic rings. The lowest BCUT2D eigenvalue weighted by molar-refractivity contribution is 0.0696. The number of anilines is 2. The summed E-state index contributed by atoms with van der Waals surface area (Å²) >= 11 is 0. The van der Waals surface area contributed by atoms with Crippen LogP contribution in [0, 0.1) is 6.92 Å². The zero-order valence-electron chi connectivity index (χ0n) is 16.9. The molecule has 1 aromatic heterocycles. The Hall–Kier alpha value is -3.86. The van der Waals surface area contributed by atoms with Gasteiger partial charge in [-0.1, -0.05) is 17.7 Å². The number of benzene rings is 2. The van der Waals surface area contributed by atoms with Crippen molar-refractivity contribution < 1.29 is 28.2 Å². The Morgan fingerprint density at radius 1 is 1.13 bits per heavy atom. The minimum absolute atomic E-state index is 0.0136. The number of nitrogens with one attached hydrogen (secondary N) is 1. The van der Waals surface area contributed by atoms with Gasteiger partial charge in [0.2, 0.25) is 0 Å². The zero-order valence-corrected chi connectivity index (χ0v) is 17.7. The van der Waals surface area contributed by atoms with Crippen LogP contribution in [0.3, 0.4) is 0 Å². The number of aromatic nitrogens is 2. The molecular weight excluding hydrogens is 424 g/mol. The molecule has 0 spiro atoms. The lowest BCUT2D eigenvalue weighted by Crippen LogP contribution is -2.30. The summed E-state index contributed by atoms with van der Waals surface area (Å²) in [6.45, 7) is 1.84. The summed E-state index contributed by atoms with van der Waals surface area (Å²) in [6, 6.07) is 9.73. The minimum Gasteiger partial charge on any atom is -0.506 e. The van der Waals surface area contributed by atoms with Gasteiger partial charge in [-0.2, -0.15) is 5.10 Å². The van der Waals surface area contributed by atoms with Gasteiger partial charge in [-0.05, 0) is 37.3 Å². The van der Waals surface area contributed by atoms with Crippen molar-refractivity contribution in [1.29, 1.82) is 0 Å². The van der Waals surface area contributed by atoms with Crippen LogP contribution in [0.4, 0.5) is 11.5 Å². The number of carbonyl (C=O) groups is 2. The maximum atomic E-state index is 13.0. The molecule has 0 bridgehead atoms. The van der Waals surface area contributed by atoms with Crippen molar-refractivity contribution in [1.82, 2.24) is 9.78 Å². The van der Waals surface area contributed by atoms with Crippen LogP contribution in [0.5, 0.6) is 5.75 Å². The highest BCUT2D eigenvalue weighted by molar-refractivity contribution is 7.92. The largest absolute Gasteiger partial charge is 0.506 e. The molecule has 3 aromatic rings. The molecule has 1 heterocycles. The van der Waals surface area contributed by atoms with E-state index in [9.17, 15) is 23.1 Å². The summed E-state index contributed by atoms with van der Waals surface area (Å²) in [5, 5.41) is 25.4. The van der Waals surface area contributed by atoms with Crippen LogP contribution in [0.15, 0.2) is 53.6 Å². The van der Waals surface area contributed by atoms with Crippen molar-refractivity contribution in [2.24, 2.45) is 7.05 Å². The molecular formula is C20H20N4O6S. The van der Waals surface area contributed by atoms with Crippen LogP contribution in [0.1, 0.15) is 26.3 Å². The highest BCUT2D eigenvalue weighted by Gasteiger charge is 2.29. The van der Waals surface area contributed by atoms with E-state index in [2.05, 4.69) is 10.4 Å². The monoisotopic (exact) mass is 444 g/mol. The Labute approximate surface area is 178 Å². The van der Waals surface area contributed by atoms with Crippen LogP contribution < -0.4 is 9.62 Å². The molecule has 0 saturated heterocycles. The molecule has 31 heavy (non-hydrogen) atoms. The molecule has 1 amide bonds. The highest BCUT2D eigenvalue weighted by atomic mass is 32.2. The molecule has 162 valence electrons. The third-order valence-electron chi connectivity index (χ3n) is 4.62. The molecule has 0 atom stereocenters. The SMILES string of the molecule is Cc1ccc(S(=O)(=O)N(C)c2c(C(=O)Nc3ccc(C(=O)O)cc3O)cnn2C)cc1. The number of carboxylic acid groups (broad SMARTS) is 1.